The van der Waals surface area contributed by atoms with Gasteiger partial charge in [0.25, 0.3) is 5.91 Å². The maximum Gasteiger partial charge on any atom is 0.412 e. The molecular formula is C47H59N3O9. The highest BCUT2D eigenvalue weighted by Gasteiger charge is 2.65. The molecule has 2 heterocycles. The smallest absolute Gasteiger partial charge is 0.412 e. The SMILES string of the molecule is C=CCO[C@@]12Oc3ccc(OC(=O)NCC)cc3[C@H]3[C@H](CCCCO)[C@@H](CCCCO)C=C(C(=NOC4CCCCO4)C[C@@H]1N(C)C(=O)c1ccc4ccccc4c1)[C@H]32. The second kappa shape index (κ2) is 19.5. The highest BCUT2D eigenvalue weighted by Crippen LogP contribution is 2.62. The van der Waals surface area contributed by atoms with Gasteiger partial charge < -0.3 is 44.2 Å². The lowest BCUT2D eigenvalue weighted by Crippen LogP contribution is -2.69. The van der Waals surface area contributed by atoms with E-state index in [1.54, 1.807) is 24.1 Å². The number of allylic oxidation sites excluding steroid dienone is 1. The summed E-state index contributed by atoms with van der Waals surface area (Å²) in [7, 11) is 1.80. The third-order valence-corrected chi connectivity index (χ3v) is 12.4. The molecule has 7 atom stereocenters. The lowest BCUT2D eigenvalue weighted by molar-refractivity contribution is -0.252. The van der Waals surface area contributed by atoms with E-state index in [1.165, 1.54) is 0 Å². The molecular weight excluding hydrogens is 751 g/mol. The van der Waals surface area contributed by atoms with Crippen molar-refractivity contribution in [2.45, 2.75) is 95.2 Å². The monoisotopic (exact) mass is 809 g/mol. The standard InChI is InChI=1S/C47H59N3O9/c1-4-25-56-47-41(50(3)45(53)34-20-19-31-14-6-7-15-32(31)27-34)30-39(49-59-42-18-10-13-26-55-42)37-28-33(16-8-11-23-51)36(17-9-12-24-52)43(44(37)47)38-29-35(21-22-40(38)58-47)57-46(54)48-5-2/h4,6-7,14-15,19-22,27-29,33,36,41-44,51-52H,1,5,8-13,16-18,23-26,30H2,2-3H3,(H,48,54)/t33-,36+,41-,42?,43+,44+,47+/m0/s1. The molecule has 2 aliphatic carbocycles. The number of fused-ring (bicyclic) bond motifs is 3. The normalized spacial score (nSPS) is 26.5. The van der Waals surface area contributed by atoms with Gasteiger partial charge in [0.2, 0.25) is 12.1 Å². The minimum atomic E-state index is -1.41. The molecule has 3 aromatic carbocycles. The van der Waals surface area contributed by atoms with Gasteiger partial charge >= 0.3 is 6.09 Å². The Kier molecular flexibility index (Phi) is 14.0. The van der Waals surface area contributed by atoms with Gasteiger partial charge in [-0.15, -0.1) is 6.58 Å². The zero-order valence-corrected chi connectivity index (χ0v) is 34.4. The Morgan fingerprint density at radius 2 is 1.81 bits per heavy atom. The number of carbonyl (C=O) groups is 2. The van der Waals surface area contributed by atoms with Gasteiger partial charge in [0.15, 0.2) is 0 Å². The van der Waals surface area contributed by atoms with Crippen LogP contribution in [0.15, 0.2) is 90.1 Å². The number of nitrogens with zero attached hydrogens (tertiary/aromatic N) is 2. The van der Waals surface area contributed by atoms with Crippen molar-refractivity contribution in [1.82, 2.24) is 10.2 Å². The summed E-state index contributed by atoms with van der Waals surface area (Å²) in [6, 6.07) is 18.5. The van der Waals surface area contributed by atoms with Crippen molar-refractivity contribution in [3.05, 3.63) is 96.1 Å². The molecule has 3 aromatic rings. The molecule has 0 aromatic heterocycles. The molecule has 0 bridgehead atoms. The Balaban J connectivity index is 1.42. The van der Waals surface area contributed by atoms with Crippen molar-refractivity contribution in [3.8, 4) is 11.5 Å². The molecule has 4 aliphatic rings. The molecule has 59 heavy (non-hydrogen) atoms. The van der Waals surface area contributed by atoms with Crippen LogP contribution in [0.4, 0.5) is 4.79 Å². The maximum absolute atomic E-state index is 14.8. The minimum Gasteiger partial charge on any atom is -0.459 e. The number of hydrogen-bond acceptors (Lipinski definition) is 10. The number of aliphatic hydroxyl groups excluding tert-OH is 2. The first-order chi connectivity index (χ1) is 28.8. The number of benzene rings is 3. The molecule has 1 unspecified atom stereocenters. The van der Waals surface area contributed by atoms with E-state index in [9.17, 15) is 19.8 Å². The first-order valence-electron chi connectivity index (χ1n) is 21.4. The summed E-state index contributed by atoms with van der Waals surface area (Å²) < 4.78 is 26.0. The first-order valence-corrected chi connectivity index (χ1v) is 21.4. The van der Waals surface area contributed by atoms with Crippen molar-refractivity contribution in [2.24, 2.45) is 22.9 Å². The van der Waals surface area contributed by atoms with Crippen LogP contribution in [0.5, 0.6) is 11.5 Å². The van der Waals surface area contributed by atoms with E-state index >= 15 is 0 Å². The molecule has 3 N–H and O–H groups in total. The number of unbranched alkanes of at least 4 members (excludes halogenated alkanes) is 2. The highest BCUT2D eigenvalue weighted by atomic mass is 16.8. The number of likely N-dealkylation sites (N-methyl/N-ethyl adjacent to an activating group) is 1. The Labute approximate surface area is 347 Å². The summed E-state index contributed by atoms with van der Waals surface area (Å²) in [5, 5.41) is 29.4. The number of nitrogens with one attached hydrogen (secondary N) is 1. The van der Waals surface area contributed by atoms with Gasteiger partial charge in [-0.1, -0.05) is 60.5 Å². The summed E-state index contributed by atoms with van der Waals surface area (Å²) in [4.78, 5) is 35.5. The number of amides is 2. The highest BCUT2D eigenvalue weighted by molar-refractivity contribution is 6.04. The second-order valence-electron chi connectivity index (χ2n) is 16.1. The zero-order chi connectivity index (χ0) is 41.4. The summed E-state index contributed by atoms with van der Waals surface area (Å²) in [6.07, 6.45) is 10.4. The van der Waals surface area contributed by atoms with E-state index in [4.69, 9.17) is 28.9 Å². The average molecular weight is 810 g/mol. The quantitative estimate of drug-likeness (QED) is 0.0704. The Bertz CT molecular complexity index is 2010. The molecule has 1 saturated carbocycles. The molecule has 0 radical (unpaired) electrons. The van der Waals surface area contributed by atoms with Crippen LogP contribution in [0.2, 0.25) is 0 Å². The van der Waals surface area contributed by atoms with Crippen LogP contribution in [-0.2, 0) is 14.3 Å². The van der Waals surface area contributed by atoms with Crippen LogP contribution in [0.1, 0.15) is 93.0 Å². The number of oxime groups is 1. The number of hydrogen-bond donors (Lipinski definition) is 3. The van der Waals surface area contributed by atoms with Gasteiger partial charge in [-0.2, -0.15) is 0 Å². The molecule has 12 heteroatoms. The first kappa shape index (κ1) is 42.4. The summed E-state index contributed by atoms with van der Waals surface area (Å²) >= 11 is 0. The minimum absolute atomic E-state index is 0.0205. The van der Waals surface area contributed by atoms with E-state index in [0.29, 0.717) is 48.8 Å². The molecule has 316 valence electrons. The van der Waals surface area contributed by atoms with Gasteiger partial charge in [-0.3, -0.25) is 4.79 Å². The molecule has 0 spiro atoms. The molecule has 2 aliphatic heterocycles. The number of rotatable bonds is 17. The van der Waals surface area contributed by atoms with Gasteiger partial charge in [0.1, 0.15) is 17.5 Å². The summed E-state index contributed by atoms with van der Waals surface area (Å²) in [6.45, 7) is 7.18. The predicted molar refractivity (Wildman–Crippen MR) is 225 cm³/mol. The largest absolute Gasteiger partial charge is 0.459 e. The van der Waals surface area contributed by atoms with Crippen LogP contribution in [0.3, 0.4) is 0 Å². The van der Waals surface area contributed by atoms with E-state index in [0.717, 1.165) is 66.9 Å². The van der Waals surface area contributed by atoms with Crippen molar-refractivity contribution in [1.29, 1.82) is 0 Å². The molecule has 2 amide bonds. The van der Waals surface area contributed by atoms with Crippen LogP contribution >= 0.6 is 0 Å². The fourth-order valence-electron chi connectivity index (χ4n) is 9.66. The number of ether oxygens (including phenoxy) is 4. The fourth-order valence-corrected chi connectivity index (χ4v) is 9.66. The summed E-state index contributed by atoms with van der Waals surface area (Å²) in [5.74, 6) is -1.34. The van der Waals surface area contributed by atoms with Gasteiger partial charge in [-0.05, 0) is 104 Å². The van der Waals surface area contributed by atoms with E-state index in [-0.39, 0.29) is 49.9 Å². The van der Waals surface area contributed by atoms with Crippen LogP contribution in [0, 0.1) is 17.8 Å². The maximum atomic E-state index is 14.8. The average Bonchev–Trinajstić information content (AvgIpc) is 3.26. The van der Waals surface area contributed by atoms with Crippen LogP contribution < -0.4 is 14.8 Å². The van der Waals surface area contributed by atoms with Crippen molar-refractivity contribution >= 4 is 28.5 Å². The Morgan fingerprint density at radius 1 is 1.02 bits per heavy atom. The van der Waals surface area contributed by atoms with Crippen molar-refractivity contribution in [3.63, 3.8) is 0 Å². The number of carbonyl (C=O) groups excluding carboxylic acids is 2. The van der Waals surface area contributed by atoms with Crippen LogP contribution in [-0.4, -0.2) is 91.0 Å². The topological polar surface area (TPSA) is 148 Å². The van der Waals surface area contributed by atoms with Gasteiger partial charge in [0.05, 0.1) is 24.8 Å². The number of aliphatic hydroxyl groups is 2. The fraction of sp³-hybridized carbons (Fsp3) is 0.511. The van der Waals surface area contributed by atoms with Crippen molar-refractivity contribution in [2.75, 3.05) is 40.0 Å². The van der Waals surface area contributed by atoms with Crippen LogP contribution in [0.25, 0.3) is 10.8 Å². The van der Waals surface area contributed by atoms with Gasteiger partial charge in [-0.25, -0.2) is 4.79 Å². The Morgan fingerprint density at radius 3 is 2.56 bits per heavy atom. The lowest BCUT2D eigenvalue weighted by Gasteiger charge is -2.59. The predicted octanol–water partition coefficient (Wildman–Crippen LogP) is 7.88. The van der Waals surface area contributed by atoms with Gasteiger partial charge in [0, 0.05) is 56.7 Å². The zero-order valence-electron chi connectivity index (χ0n) is 34.4. The third kappa shape index (κ3) is 9.06. The van der Waals surface area contributed by atoms with E-state index < -0.39 is 30.1 Å². The molecule has 12 nitrogen and oxygen atoms in total. The van der Waals surface area contributed by atoms with Crippen molar-refractivity contribution < 1.29 is 43.6 Å². The third-order valence-electron chi connectivity index (χ3n) is 12.4. The van der Waals surface area contributed by atoms with E-state index in [2.05, 4.69) is 18.0 Å². The molecule has 2 fully saturated rings. The molecule has 1 saturated heterocycles. The Hall–Kier alpha value is -4.75. The summed E-state index contributed by atoms with van der Waals surface area (Å²) in [5.41, 5.74) is 3.01. The second-order valence-corrected chi connectivity index (χ2v) is 16.1. The molecule has 7 rings (SSSR count). The van der Waals surface area contributed by atoms with E-state index in [1.807, 2.05) is 61.5 Å². The lowest BCUT2D eigenvalue weighted by atomic mass is 9.55.